The number of anilines is 2. The van der Waals surface area contributed by atoms with E-state index < -0.39 is 10.0 Å². The molecular weight excluding hydrogens is 496 g/mol. The molecule has 3 aromatic rings. The summed E-state index contributed by atoms with van der Waals surface area (Å²) in [6.07, 6.45) is 4.51. The number of nitrogens with two attached hydrogens (primary N) is 1. The zero-order valence-electron chi connectivity index (χ0n) is 20.7. The van der Waals surface area contributed by atoms with Crippen LogP contribution >= 0.6 is 0 Å². The van der Waals surface area contributed by atoms with E-state index in [9.17, 15) is 8.42 Å². The van der Waals surface area contributed by atoms with E-state index in [1.165, 1.54) is 10.6 Å². The van der Waals surface area contributed by atoms with Crippen molar-refractivity contribution in [3.05, 3.63) is 48.3 Å². The molecule has 0 bridgehead atoms. The summed E-state index contributed by atoms with van der Waals surface area (Å²) < 4.78 is 36.6. The zero-order chi connectivity index (χ0) is 25.8. The molecule has 2 aromatic heterocycles. The van der Waals surface area contributed by atoms with Crippen LogP contribution in [0.3, 0.4) is 0 Å². The van der Waals surface area contributed by atoms with Crippen LogP contribution in [0.1, 0.15) is 5.56 Å². The van der Waals surface area contributed by atoms with Crippen LogP contribution in [0.4, 0.5) is 11.9 Å². The first-order valence-electron chi connectivity index (χ1n) is 12.1. The Morgan fingerprint density at radius 1 is 0.973 bits per heavy atom. The fourth-order valence-electron chi connectivity index (χ4n) is 4.25. The number of aromatic nitrogens is 4. The number of ether oxygens (including phenoxy) is 2. The Kier molecular flexibility index (Phi) is 7.46. The molecule has 2 aliphatic heterocycles. The molecule has 196 valence electrons. The van der Waals surface area contributed by atoms with Gasteiger partial charge in [-0.15, -0.1) is 0 Å². The normalized spacial score (nSPS) is 17.6. The van der Waals surface area contributed by atoms with Crippen LogP contribution in [-0.4, -0.2) is 96.3 Å². The van der Waals surface area contributed by atoms with Crippen LogP contribution < -0.4 is 15.4 Å². The summed E-state index contributed by atoms with van der Waals surface area (Å²) in [5, 5.41) is 0. The summed E-state index contributed by atoms with van der Waals surface area (Å²) in [4.78, 5) is 21.8. The SMILES string of the molecule is CS(=O)(=O)N1CCN(Cc2ccc(Oc3cc(-c4cnc(N)nc4)nc(N4CCOCC4)n3)cc2)CC1. The molecule has 13 heteroatoms. The Morgan fingerprint density at radius 3 is 2.30 bits per heavy atom. The van der Waals surface area contributed by atoms with Gasteiger partial charge in [0.1, 0.15) is 5.75 Å². The molecule has 0 saturated carbocycles. The molecule has 0 atom stereocenters. The lowest BCUT2D eigenvalue weighted by molar-refractivity contribution is 0.122. The molecule has 2 aliphatic rings. The van der Waals surface area contributed by atoms with Crippen LogP contribution in [0.5, 0.6) is 11.6 Å². The smallest absolute Gasteiger partial charge is 0.229 e. The monoisotopic (exact) mass is 526 g/mol. The average Bonchev–Trinajstić information content (AvgIpc) is 2.90. The van der Waals surface area contributed by atoms with Gasteiger partial charge in [0, 0.05) is 69.8 Å². The van der Waals surface area contributed by atoms with Gasteiger partial charge in [0.2, 0.25) is 27.8 Å². The third-order valence-electron chi connectivity index (χ3n) is 6.30. The second kappa shape index (κ2) is 10.9. The quantitative estimate of drug-likeness (QED) is 0.475. The number of morpholine rings is 1. The number of hydrogen-bond donors (Lipinski definition) is 1. The Morgan fingerprint density at radius 2 is 1.65 bits per heavy atom. The summed E-state index contributed by atoms with van der Waals surface area (Å²) in [6, 6.07) is 9.59. The number of nitrogens with zero attached hydrogens (tertiary/aromatic N) is 7. The largest absolute Gasteiger partial charge is 0.439 e. The van der Waals surface area contributed by atoms with Gasteiger partial charge in [-0.1, -0.05) is 12.1 Å². The van der Waals surface area contributed by atoms with E-state index in [2.05, 4.69) is 24.8 Å². The van der Waals surface area contributed by atoms with Crippen LogP contribution in [0.15, 0.2) is 42.7 Å². The lowest BCUT2D eigenvalue weighted by atomic mass is 10.2. The molecule has 12 nitrogen and oxygen atoms in total. The van der Waals surface area contributed by atoms with E-state index >= 15 is 0 Å². The number of sulfonamides is 1. The Hall–Kier alpha value is -3.39. The average molecular weight is 527 g/mol. The molecule has 2 N–H and O–H groups in total. The topological polar surface area (TPSA) is 140 Å². The summed E-state index contributed by atoms with van der Waals surface area (Å²) in [7, 11) is -3.13. The van der Waals surface area contributed by atoms with Crippen molar-refractivity contribution in [1.29, 1.82) is 0 Å². The van der Waals surface area contributed by atoms with Gasteiger partial charge in [-0.25, -0.2) is 23.4 Å². The van der Waals surface area contributed by atoms with Crippen molar-refractivity contribution in [2.75, 3.05) is 69.4 Å². The van der Waals surface area contributed by atoms with E-state index in [-0.39, 0.29) is 5.95 Å². The van der Waals surface area contributed by atoms with Crippen LogP contribution in [0.2, 0.25) is 0 Å². The van der Waals surface area contributed by atoms with Gasteiger partial charge in [0.05, 0.1) is 25.2 Å². The first-order valence-corrected chi connectivity index (χ1v) is 13.9. The van der Waals surface area contributed by atoms with Gasteiger partial charge in [-0.05, 0) is 17.7 Å². The molecule has 0 radical (unpaired) electrons. The number of hydrogen-bond acceptors (Lipinski definition) is 11. The fraction of sp³-hybridized carbons (Fsp3) is 0.417. The predicted octanol–water partition coefficient (Wildman–Crippen LogP) is 1.22. The maximum absolute atomic E-state index is 11.7. The maximum Gasteiger partial charge on any atom is 0.229 e. The van der Waals surface area contributed by atoms with Crippen LogP contribution in [0, 0.1) is 0 Å². The predicted molar refractivity (Wildman–Crippen MR) is 139 cm³/mol. The van der Waals surface area contributed by atoms with Gasteiger partial charge in [-0.3, -0.25) is 4.90 Å². The Labute approximate surface area is 216 Å². The molecule has 1 aromatic carbocycles. The molecular formula is C24H30N8O4S. The highest BCUT2D eigenvalue weighted by molar-refractivity contribution is 7.88. The molecule has 0 unspecified atom stereocenters. The van der Waals surface area contributed by atoms with Gasteiger partial charge in [-0.2, -0.15) is 9.29 Å². The van der Waals surface area contributed by atoms with Crippen LogP contribution in [-0.2, 0) is 21.3 Å². The summed E-state index contributed by atoms with van der Waals surface area (Å²) >= 11 is 0. The number of benzene rings is 1. The third-order valence-corrected chi connectivity index (χ3v) is 7.61. The molecule has 2 saturated heterocycles. The fourth-order valence-corrected chi connectivity index (χ4v) is 5.08. The van der Waals surface area contributed by atoms with E-state index in [0.717, 1.165) is 12.1 Å². The summed E-state index contributed by atoms with van der Waals surface area (Å²) in [5.74, 6) is 1.81. The van der Waals surface area contributed by atoms with E-state index in [1.807, 2.05) is 24.3 Å². The van der Waals surface area contributed by atoms with Crippen molar-refractivity contribution in [3.63, 3.8) is 0 Å². The molecule has 0 amide bonds. The molecule has 5 rings (SSSR count). The number of nitrogen functional groups attached to an aromatic ring is 1. The lowest BCUT2D eigenvalue weighted by Gasteiger charge is -2.33. The first-order chi connectivity index (χ1) is 17.8. The maximum atomic E-state index is 11.7. The van der Waals surface area contributed by atoms with E-state index in [4.69, 9.17) is 20.2 Å². The second-order valence-electron chi connectivity index (χ2n) is 9.00. The second-order valence-corrected chi connectivity index (χ2v) is 11.0. The molecule has 37 heavy (non-hydrogen) atoms. The standard InChI is InChI=1S/C24H30N8O4S/c1-37(33,34)32-8-6-30(7-9-32)17-18-2-4-20(5-3-18)36-22-14-21(19-15-26-23(25)27-16-19)28-24(29-22)31-10-12-35-13-11-31/h2-5,14-16H,6-13,17H2,1H3,(H2,25,26,27). The van der Waals surface area contributed by atoms with Crippen molar-refractivity contribution in [3.8, 4) is 22.9 Å². The Balaban J connectivity index is 1.29. The lowest BCUT2D eigenvalue weighted by Crippen LogP contribution is -2.47. The van der Waals surface area contributed by atoms with Crippen molar-refractivity contribution in [2.45, 2.75) is 6.54 Å². The minimum atomic E-state index is -3.13. The van der Waals surface area contributed by atoms with Gasteiger partial charge < -0.3 is 20.1 Å². The Bertz CT molecular complexity index is 1310. The van der Waals surface area contributed by atoms with Crippen molar-refractivity contribution >= 4 is 21.9 Å². The zero-order valence-corrected chi connectivity index (χ0v) is 21.5. The van der Waals surface area contributed by atoms with Crippen molar-refractivity contribution < 1.29 is 17.9 Å². The minimum absolute atomic E-state index is 0.194. The molecule has 2 fully saturated rings. The van der Waals surface area contributed by atoms with Gasteiger partial charge in [0.25, 0.3) is 0 Å². The minimum Gasteiger partial charge on any atom is -0.439 e. The molecule has 4 heterocycles. The summed E-state index contributed by atoms with van der Waals surface area (Å²) in [5.41, 5.74) is 8.11. The van der Waals surface area contributed by atoms with Crippen molar-refractivity contribution in [2.24, 2.45) is 0 Å². The van der Waals surface area contributed by atoms with E-state index in [0.29, 0.717) is 81.3 Å². The highest BCUT2D eigenvalue weighted by Gasteiger charge is 2.23. The van der Waals surface area contributed by atoms with Crippen molar-refractivity contribution in [1.82, 2.24) is 29.1 Å². The van der Waals surface area contributed by atoms with Gasteiger partial charge >= 0.3 is 0 Å². The van der Waals surface area contributed by atoms with Crippen LogP contribution in [0.25, 0.3) is 11.3 Å². The third kappa shape index (κ3) is 6.49. The summed E-state index contributed by atoms with van der Waals surface area (Å²) in [6.45, 7) is 5.78. The van der Waals surface area contributed by atoms with Gasteiger partial charge in [0.15, 0.2) is 0 Å². The highest BCUT2D eigenvalue weighted by Crippen LogP contribution is 2.28. The first kappa shape index (κ1) is 25.3. The number of rotatable bonds is 7. The number of piperazine rings is 1. The molecule has 0 spiro atoms. The van der Waals surface area contributed by atoms with E-state index in [1.54, 1.807) is 18.5 Å². The highest BCUT2D eigenvalue weighted by atomic mass is 32.2. The molecule has 0 aliphatic carbocycles.